The van der Waals surface area contributed by atoms with Crippen molar-refractivity contribution in [2.75, 3.05) is 33.4 Å². The van der Waals surface area contributed by atoms with Gasteiger partial charge in [0.15, 0.2) is 0 Å². The number of likely N-dealkylation sites (tertiary alicyclic amines) is 1. The number of piperidine rings is 1. The third-order valence-electron chi connectivity index (χ3n) is 5.70. The number of nitrogens with zero attached hydrogens (tertiary/aromatic N) is 3. The summed E-state index contributed by atoms with van der Waals surface area (Å²) in [7, 11) is 1.64. The molecule has 0 unspecified atom stereocenters. The number of nitrogens with one attached hydrogen (secondary N) is 1. The molecule has 0 spiro atoms. The van der Waals surface area contributed by atoms with Crippen molar-refractivity contribution in [1.29, 1.82) is 0 Å². The van der Waals surface area contributed by atoms with E-state index < -0.39 is 0 Å². The highest BCUT2D eigenvalue weighted by atomic mass is 32.1. The van der Waals surface area contributed by atoms with Crippen LogP contribution in [0.4, 0.5) is 0 Å². The molecule has 4 rings (SSSR count). The first-order valence-electron chi connectivity index (χ1n) is 10.6. The smallest absolute Gasteiger partial charge is 0.263 e. The molecule has 0 bridgehead atoms. The van der Waals surface area contributed by atoms with Gasteiger partial charge in [-0.1, -0.05) is 6.07 Å². The molecule has 1 N–H and O–H groups in total. The molecular weight excluding hydrogens is 448 g/mol. The van der Waals surface area contributed by atoms with Gasteiger partial charge in [0.2, 0.25) is 11.8 Å². The first-order valence-corrected chi connectivity index (χ1v) is 12.4. The molecule has 4 heterocycles. The minimum atomic E-state index is -0.196. The van der Waals surface area contributed by atoms with E-state index in [0.717, 1.165) is 16.9 Å². The lowest BCUT2D eigenvalue weighted by atomic mass is 9.96. The number of fused-ring (bicyclic) bond motifs is 1. The standard InChI is InChI=1S/C22H26N4O4S2/c1-30-10-3-7-23-20(28)15-5-8-25(9-6-15)18(27)12-26-14-24-21-19(22(26)29)16(13-32-21)17-4-2-11-31-17/h2,4,11,13-15H,3,5-10,12H2,1H3,(H,23,28). The molecule has 1 aliphatic rings. The van der Waals surface area contributed by atoms with E-state index in [1.54, 1.807) is 23.3 Å². The van der Waals surface area contributed by atoms with Gasteiger partial charge < -0.3 is 15.0 Å². The van der Waals surface area contributed by atoms with Crippen molar-refractivity contribution < 1.29 is 14.3 Å². The molecule has 1 saturated heterocycles. The van der Waals surface area contributed by atoms with Gasteiger partial charge >= 0.3 is 0 Å². The highest BCUT2D eigenvalue weighted by Gasteiger charge is 2.27. The molecule has 2 amide bonds. The summed E-state index contributed by atoms with van der Waals surface area (Å²) in [5, 5.41) is 7.42. The summed E-state index contributed by atoms with van der Waals surface area (Å²) in [5.74, 6) is -0.167. The van der Waals surface area contributed by atoms with Gasteiger partial charge in [0.05, 0.1) is 11.7 Å². The second-order valence-electron chi connectivity index (χ2n) is 7.78. The fraction of sp³-hybridized carbons (Fsp3) is 0.455. The van der Waals surface area contributed by atoms with Crippen LogP contribution >= 0.6 is 22.7 Å². The van der Waals surface area contributed by atoms with Crippen LogP contribution in [-0.2, 0) is 20.9 Å². The zero-order chi connectivity index (χ0) is 22.5. The van der Waals surface area contributed by atoms with Crippen molar-refractivity contribution in [3.05, 3.63) is 39.6 Å². The Morgan fingerprint density at radius 2 is 2.09 bits per heavy atom. The molecule has 8 nitrogen and oxygen atoms in total. The number of hydrogen-bond acceptors (Lipinski definition) is 7. The van der Waals surface area contributed by atoms with Crippen molar-refractivity contribution in [2.45, 2.75) is 25.8 Å². The lowest BCUT2D eigenvalue weighted by Gasteiger charge is -2.31. The molecule has 0 atom stereocenters. The Bertz CT molecular complexity index is 1130. The highest BCUT2D eigenvalue weighted by Crippen LogP contribution is 2.33. The van der Waals surface area contributed by atoms with E-state index in [0.29, 0.717) is 49.3 Å². The second kappa shape index (κ2) is 10.4. The summed E-state index contributed by atoms with van der Waals surface area (Å²) in [4.78, 5) is 46.1. The van der Waals surface area contributed by atoms with Crippen LogP contribution in [0.3, 0.4) is 0 Å². The van der Waals surface area contributed by atoms with Gasteiger partial charge in [-0.15, -0.1) is 22.7 Å². The van der Waals surface area contributed by atoms with E-state index in [4.69, 9.17) is 4.74 Å². The van der Waals surface area contributed by atoms with Crippen molar-refractivity contribution in [2.24, 2.45) is 5.92 Å². The first kappa shape index (κ1) is 22.6. The summed E-state index contributed by atoms with van der Waals surface area (Å²) in [6.07, 6.45) is 3.49. The number of thiophene rings is 2. The predicted molar refractivity (Wildman–Crippen MR) is 126 cm³/mol. The second-order valence-corrected chi connectivity index (χ2v) is 9.58. The summed E-state index contributed by atoms with van der Waals surface area (Å²) in [5.41, 5.74) is 0.676. The number of aromatic nitrogens is 2. The first-order chi connectivity index (χ1) is 15.6. The molecule has 3 aromatic heterocycles. The fourth-order valence-electron chi connectivity index (χ4n) is 3.90. The summed E-state index contributed by atoms with van der Waals surface area (Å²) in [6, 6.07) is 3.93. The third-order valence-corrected chi connectivity index (χ3v) is 7.49. The van der Waals surface area contributed by atoms with Crippen LogP contribution in [0.1, 0.15) is 19.3 Å². The maximum absolute atomic E-state index is 13.1. The van der Waals surface area contributed by atoms with Crippen LogP contribution in [0.25, 0.3) is 20.7 Å². The molecule has 3 aromatic rings. The van der Waals surface area contributed by atoms with E-state index >= 15 is 0 Å². The Hall–Kier alpha value is -2.56. The largest absolute Gasteiger partial charge is 0.385 e. The zero-order valence-corrected chi connectivity index (χ0v) is 19.5. The van der Waals surface area contributed by atoms with Crippen LogP contribution < -0.4 is 10.9 Å². The number of amides is 2. The van der Waals surface area contributed by atoms with Crippen LogP contribution in [0.2, 0.25) is 0 Å². The van der Waals surface area contributed by atoms with Crippen molar-refractivity contribution in [1.82, 2.24) is 19.8 Å². The SMILES string of the molecule is COCCCNC(=O)C1CCN(C(=O)Cn2cnc3scc(-c4cccs4)c3c2=O)CC1. The van der Waals surface area contributed by atoms with Gasteiger partial charge in [0, 0.05) is 55.1 Å². The lowest BCUT2D eigenvalue weighted by molar-refractivity contribution is -0.136. The summed E-state index contributed by atoms with van der Waals surface area (Å²) < 4.78 is 6.38. The topological polar surface area (TPSA) is 93.5 Å². The van der Waals surface area contributed by atoms with Crippen molar-refractivity contribution in [3.63, 3.8) is 0 Å². The maximum atomic E-state index is 13.1. The minimum absolute atomic E-state index is 0.0395. The number of hydrogen-bond donors (Lipinski definition) is 1. The van der Waals surface area contributed by atoms with Crippen LogP contribution in [0, 0.1) is 5.92 Å². The molecule has 1 aliphatic heterocycles. The summed E-state index contributed by atoms with van der Waals surface area (Å²) in [6.45, 7) is 2.19. The molecule has 0 saturated carbocycles. The Kier molecular flexibility index (Phi) is 7.33. The monoisotopic (exact) mass is 474 g/mol. The Labute approximate surface area is 193 Å². The van der Waals surface area contributed by atoms with E-state index in [-0.39, 0.29) is 29.8 Å². The average Bonchev–Trinajstić information content (AvgIpc) is 3.48. The van der Waals surface area contributed by atoms with E-state index in [2.05, 4.69) is 10.3 Å². The van der Waals surface area contributed by atoms with Crippen LogP contribution in [0.15, 0.2) is 34.0 Å². The number of methoxy groups -OCH3 is 1. The molecule has 0 aliphatic carbocycles. The summed E-state index contributed by atoms with van der Waals surface area (Å²) >= 11 is 3.01. The Morgan fingerprint density at radius 3 is 2.81 bits per heavy atom. The van der Waals surface area contributed by atoms with E-state index in [1.165, 1.54) is 22.2 Å². The maximum Gasteiger partial charge on any atom is 0.263 e. The van der Waals surface area contributed by atoms with Gasteiger partial charge in [-0.25, -0.2) is 4.98 Å². The van der Waals surface area contributed by atoms with Crippen LogP contribution in [0.5, 0.6) is 0 Å². The van der Waals surface area contributed by atoms with Gasteiger partial charge in [0.1, 0.15) is 11.4 Å². The molecule has 0 radical (unpaired) electrons. The molecule has 10 heteroatoms. The number of ether oxygens (including phenoxy) is 1. The Morgan fingerprint density at radius 1 is 1.28 bits per heavy atom. The van der Waals surface area contributed by atoms with E-state index in [9.17, 15) is 14.4 Å². The van der Waals surface area contributed by atoms with E-state index in [1.807, 2.05) is 22.9 Å². The highest BCUT2D eigenvalue weighted by molar-refractivity contribution is 7.18. The number of rotatable bonds is 8. The van der Waals surface area contributed by atoms with Crippen LogP contribution in [-0.4, -0.2) is 59.6 Å². The predicted octanol–water partition coefficient (Wildman–Crippen LogP) is 2.58. The molecule has 170 valence electrons. The molecule has 32 heavy (non-hydrogen) atoms. The quantitative estimate of drug-likeness (QED) is 0.507. The Balaban J connectivity index is 1.38. The normalized spacial score (nSPS) is 14.7. The fourth-order valence-corrected chi connectivity index (χ4v) is 5.62. The molecular formula is C22H26N4O4S2. The third kappa shape index (κ3) is 4.92. The van der Waals surface area contributed by atoms with Gasteiger partial charge in [-0.2, -0.15) is 0 Å². The van der Waals surface area contributed by atoms with Crippen molar-refractivity contribution in [3.8, 4) is 10.4 Å². The average molecular weight is 475 g/mol. The number of carbonyl (C=O) groups is 2. The molecule has 0 aromatic carbocycles. The van der Waals surface area contributed by atoms with Gasteiger partial charge in [-0.05, 0) is 30.7 Å². The zero-order valence-electron chi connectivity index (χ0n) is 17.9. The van der Waals surface area contributed by atoms with Gasteiger partial charge in [-0.3, -0.25) is 19.0 Å². The molecule has 1 fully saturated rings. The number of carbonyl (C=O) groups excluding carboxylic acids is 2. The minimum Gasteiger partial charge on any atom is -0.385 e. The lowest BCUT2D eigenvalue weighted by Crippen LogP contribution is -2.45. The van der Waals surface area contributed by atoms with Crippen molar-refractivity contribution >= 4 is 44.7 Å². The van der Waals surface area contributed by atoms with Gasteiger partial charge in [0.25, 0.3) is 5.56 Å².